The molecule has 1 heterocycles. The van der Waals surface area contributed by atoms with Crippen molar-refractivity contribution < 1.29 is 0 Å². The van der Waals surface area contributed by atoms with E-state index in [1.54, 1.807) is 0 Å². The topological polar surface area (TPSA) is 4.93 Å². The fourth-order valence-corrected chi connectivity index (χ4v) is 2.31. The van der Waals surface area contributed by atoms with Crippen molar-refractivity contribution in [1.29, 1.82) is 0 Å². The zero-order valence-corrected chi connectivity index (χ0v) is 7.74. The van der Waals surface area contributed by atoms with Gasteiger partial charge >= 0.3 is 0 Å². The quantitative estimate of drug-likeness (QED) is 0.599. The average molecular weight is 163 g/mol. The van der Waals surface area contributed by atoms with Crippen LogP contribution in [0.5, 0.6) is 0 Å². The average Bonchev–Trinajstić information content (AvgIpc) is 2.57. The lowest BCUT2D eigenvalue weighted by Gasteiger charge is -2.30. The number of nitrogens with zero attached hydrogens (tertiary/aromatic N) is 1. The van der Waals surface area contributed by atoms with Gasteiger partial charge in [0, 0.05) is 18.4 Å². The third kappa shape index (κ3) is 1.40. The first-order valence-corrected chi connectivity index (χ1v) is 5.00. The van der Waals surface area contributed by atoms with Crippen LogP contribution in [-0.2, 0) is 0 Å². The molecule has 0 radical (unpaired) electrons. The summed E-state index contributed by atoms with van der Waals surface area (Å²) in [7, 11) is 0. The fraction of sp³-hybridized carbons (Fsp3) is 0.636. The monoisotopic (exact) mass is 163 g/mol. The molecule has 2 rings (SSSR count). The molecule has 0 aliphatic heterocycles. The van der Waals surface area contributed by atoms with E-state index in [0.717, 1.165) is 12.0 Å². The summed E-state index contributed by atoms with van der Waals surface area (Å²) >= 11 is 0. The highest BCUT2D eigenvalue weighted by atomic mass is 15.0. The van der Waals surface area contributed by atoms with Gasteiger partial charge in [0.25, 0.3) is 0 Å². The van der Waals surface area contributed by atoms with Gasteiger partial charge in [-0.1, -0.05) is 19.8 Å². The van der Waals surface area contributed by atoms with E-state index in [0.29, 0.717) is 0 Å². The van der Waals surface area contributed by atoms with Crippen LogP contribution < -0.4 is 0 Å². The van der Waals surface area contributed by atoms with E-state index in [1.807, 2.05) is 0 Å². The first-order valence-electron chi connectivity index (χ1n) is 5.00. The Kier molecular flexibility index (Phi) is 2.20. The van der Waals surface area contributed by atoms with Gasteiger partial charge in [-0.25, -0.2) is 0 Å². The Balaban J connectivity index is 2.11. The maximum atomic E-state index is 2.38. The minimum Gasteiger partial charge on any atom is -0.351 e. The molecule has 1 aromatic rings. The van der Waals surface area contributed by atoms with E-state index >= 15 is 0 Å². The van der Waals surface area contributed by atoms with Crippen LogP contribution >= 0.6 is 0 Å². The molecule has 0 saturated heterocycles. The standard InChI is InChI=1S/C11H17N/c1-10-6-2-3-7-11(10)12-8-4-5-9-12/h4-5,8-11H,2-3,6-7H2,1H3/t10-,11-/m1/s1. The Morgan fingerprint density at radius 1 is 1.08 bits per heavy atom. The van der Waals surface area contributed by atoms with E-state index in [1.165, 1.54) is 25.7 Å². The lowest BCUT2D eigenvalue weighted by molar-refractivity contribution is 0.258. The molecule has 0 N–H and O–H groups in total. The van der Waals surface area contributed by atoms with Crippen LogP contribution in [0.15, 0.2) is 24.5 Å². The second-order valence-corrected chi connectivity index (χ2v) is 3.96. The Hall–Kier alpha value is -0.720. The zero-order chi connectivity index (χ0) is 8.39. The second-order valence-electron chi connectivity index (χ2n) is 3.96. The summed E-state index contributed by atoms with van der Waals surface area (Å²) < 4.78 is 2.38. The molecular formula is C11H17N. The first-order chi connectivity index (χ1) is 5.88. The van der Waals surface area contributed by atoms with Crippen LogP contribution in [0, 0.1) is 5.92 Å². The number of rotatable bonds is 1. The van der Waals surface area contributed by atoms with E-state index in [4.69, 9.17) is 0 Å². The second kappa shape index (κ2) is 3.34. The van der Waals surface area contributed by atoms with Gasteiger partial charge in [0.15, 0.2) is 0 Å². The van der Waals surface area contributed by atoms with Crippen molar-refractivity contribution in [3.8, 4) is 0 Å². The van der Waals surface area contributed by atoms with Crippen molar-refractivity contribution in [2.75, 3.05) is 0 Å². The minimum absolute atomic E-state index is 0.772. The van der Waals surface area contributed by atoms with E-state index < -0.39 is 0 Å². The summed E-state index contributed by atoms with van der Waals surface area (Å²) in [5.41, 5.74) is 0. The molecule has 1 heteroatoms. The molecule has 0 bridgehead atoms. The normalized spacial score (nSPS) is 30.4. The van der Waals surface area contributed by atoms with Gasteiger partial charge in [0.1, 0.15) is 0 Å². The first kappa shape index (κ1) is 7.90. The minimum atomic E-state index is 0.772. The largest absolute Gasteiger partial charge is 0.351 e. The van der Waals surface area contributed by atoms with Crippen molar-refractivity contribution in [3.63, 3.8) is 0 Å². The van der Waals surface area contributed by atoms with Crippen LogP contribution in [0.2, 0.25) is 0 Å². The molecule has 1 saturated carbocycles. The Morgan fingerprint density at radius 2 is 1.75 bits per heavy atom. The van der Waals surface area contributed by atoms with Crippen molar-refractivity contribution in [2.24, 2.45) is 5.92 Å². The van der Waals surface area contributed by atoms with Crippen molar-refractivity contribution in [1.82, 2.24) is 4.57 Å². The van der Waals surface area contributed by atoms with Gasteiger partial charge < -0.3 is 4.57 Å². The Labute approximate surface area is 74.4 Å². The van der Waals surface area contributed by atoms with Gasteiger partial charge in [0.05, 0.1) is 0 Å². The molecule has 12 heavy (non-hydrogen) atoms. The van der Waals surface area contributed by atoms with Gasteiger partial charge in [-0.2, -0.15) is 0 Å². The summed E-state index contributed by atoms with van der Waals surface area (Å²) in [5, 5.41) is 0. The predicted molar refractivity (Wildman–Crippen MR) is 51.1 cm³/mol. The molecule has 0 unspecified atom stereocenters. The number of hydrogen-bond donors (Lipinski definition) is 0. The van der Waals surface area contributed by atoms with E-state index in [2.05, 4.69) is 36.0 Å². The highest BCUT2D eigenvalue weighted by molar-refractivity contribution is 4.94. The third-order valence-corrected chi connectivity index (χ3v) is 3.08. The highest BCUT2D eigenvalue weighted by Crippen LogP contribution is 2.33. The van der Waals surface area contributed by atoms with Crippen LogP contribution in [0.4, 0.5) is 0 Å². The molecule has 1 fully saturated rings. The number of aromatic nitrogens is 1. The summed E-state index contributed by atoms with van der Waals surface area (Å²) in [4.78, 5) is 0. The Bertz CT molecular complexity index is 225. The van der Waals surface area contributed by atoms with Crippen LogP contribution in [0.3, 0.4) is 0 Å². The molecule has 0 amide bonds. The Morgan fingerprint density at radius 3 is 2.42 bits per heavy atom. The summed E-state index contributed by atoms with van der Waals surface area (Å²) in [6.07, 6.45) is 10.0. The lowest BCUT2D eigenvalue weighted by Crippen LogP contribution is -2.19. The lowest BCUT2D eigenvalue weighted by atomic mass is 9.86. The van der Waals surface area contributed by atoms with E-state index in [-0.39, 0.29) is 0 Å². The van der Waals surface area contributed by atoms with Crippen molar-refractivity contribution >= 4 is 0 Å². The van der Waals surface area contributed by atoms with E-state index in [9.17, 15) is 0 Å². The smallest absolute Gasteiger partial charge is 0.0356 e. The molecule has 0 aromatic carbocycles. The van der Waals surface area contributed by atoms with Crippen LogP contribution in [0.25, 0.3) is 0 Å². The molecule has 2 atom stereocenters. The third-order valence-electron chi connectivity index (χ3n) is 3.08. The summed E-state index contributed by atoms with van der Waals surface area (Å²) in [5.74, 6) is 0.867. The van der Waals surface area contributed by atoms with Gasteiger partial charge in [-0.3, -0.25) is 0 Å². The SMILES string of the molecule is C[C@@H]1CCCC[C@H]1n1cccc1. The number of hydrogen-bond acceptors (Lipinski definition) is 0. The molecule has 1 aromatic heterocycles. The van der Waals surface area contributed by atoms with Crippen LogP contribution in [-0.4, -0.2) is 4.57 Å². The van der Waals surface area contributed by atoms with Crippen molar-refractivity contribution in [3.05, 3.63) is 24.5 Å². The van der Waals surface area contributed by atoms with Gasteiger partial charge in [-0.15, -0.1) is 0 Å². The highest BCUT2D eigenvalue weighted by Gasteiger charge is 2.21. The van der Waals surface area contributed by atoms with Crippen molar-refractivity contribution in [2.45, 2.75) is 38.6 Å². The summed E-state index contributed by atoms with van der Waals surface area (Å²) in [6, 6.07) is 5.02. The maximum Gasteiger partial charge on any atom is 0.0356 e. The van der Waals surface area contributed by atoms with Crippen LogP contribution in [0.1, 0.15) is 38.6 Å². The summed E-state index contributed by atoms with van der Waals surface area (Å²) in [6.45, 7) is 2.38. The molecule has 1 aliphatic rings. The fourth-order valence-electron chi connectivity index (χ4n) is 2.31. The maximum absolute atomic E-state index is 2.38. The molecule has 1 aliphatic carbocycles. The van der Waals surface area contributed by atoms with Gasteiger partial charge in [-0.05, 0) is 30.9 Å². The zero-order valence-electron chi connectivity index (χ0n) is 7.74. The molecule has 1 nitrogen and oxygen atoms in total. The molecule has 0 spiro atoms. The molecule has 66 valence electrons. The predicted octanol–water partition coefficient (Wildman–Crippen LogP) is 3.24. The molecular weight excluding hydrogens is 146 g/mol. The van der Waals surface area contributed by atoms with Gasteiger partial charge in [0.2, 0.25) is 0 Å².